The minimum atomic E-state index is -4.97. The number of unbranched alkanes of at least 4 members (excludes halogenated alkanes) is 54. The summed E-state index contributed by atoms with van der Waals surface area (Å²) in [6, 6.07) is 0. The molecule has 17 nitrogen and oxygen atoms in total. The molecular weight excluding hydrogens is 1380 g/mol. The molecule has 7 atom stereocenters. The molecule has 0 rings (SSSR count). The number of esters is 4. The number of aliphatic hydroxyl groups is 1. The predicted molar refractivity (Wildman–Crippen MR) is 437 cm³/mol. The number of carbonyl (C=O) groups excluding carboxylic acids is 4. The van der Waals surface area contributed by atoms with Crippen LogP contribution < -0.4 is 0 Å². The van der Waals surface area contributed by atoms with Gasteiger partial charge in [-0.3, -0.25) is 37.3 Å². The number of phosphoric ester groups is 2. The number of aliphatic hydroxyl groups excluding tert-OH is 1. The SMILES string of the molecule is CCCCCCCCCCCCCCCCCCCCCCC(=O)OC[C@H](COP(=O)(O)OC[C@@H](O)COP(=O)(O)OC[C@@H](COC(=O)CCCCCCCCCCCC)OC(=O)CCCCCCCCCCCCC(C)CC)OC(=O)CCCCCCCCCCCCCCCCCCCCC(C)CC. The molecule has 0 bridgehead atoms. The fraction of sp³-hybridized carbons (Fsp3) is 0.954. The lowest BCUT2D eigenvalue weighted by atomic mass is 9.99. The monoisotopic (exact) mass is 1550 g/mol. The minimum absolute atomic E-state index is 0.107. The van der Waals surface area contributed by atoms with Gasteiger partial charge < -0.3 is 33.8 Å². The van der Waals surface area contributed by atoms with Gasteiger partial charge >= 0.3 is 39.5 Å². The Balaban J connectivity index is 5.21. The predicted octanol–water partition coefficient (Wildman–Crippen LogP) is 26.6. The highest BCUT2D eigenvalue weighted by atomic mass is 31.2. The fourth-order valence-corrected chi connectivity index (χ4v) is 15.1. The van der Waals surface area contributed by atoms with Crippen LogP contribution in [0, 0.1) is 11.8 Å². The number of phosphoric acid groups is 2. The van der Waals surface area contributed by atoms with Crippen molar-refractivity contribution in [3.05, 3.63) is 0 Å². The summed E-state index contributed by atoms with van der Waals surface area (Å²) in [6.07, 6.45) is 70.8. The molecule has 0 heterocycles. The van der Waals surface area contributed by atoms with Crippen LogP contribution in [-0.4, -0.2) is 96.7 Å². The molecule has 0 saturated heterocycles. The molecule has 0 aromatic carbocycles. The molecule has 4 unspecified atom stereocenters. The van der Waals surface area contributed by atoms with Gasteiger partial charge in [-0.15, -0.1) is 0 Å². The largest absolute Gasteiger partial charge is 0.472 e. The van der Waals surface area contributed by atoms with Gasteiger partial charge in [0.2, 0.25) is 0 Å². The van der Waals surface area contributed by atoms with Crippen molar-refractivity contribution in [2.45, 2.75) is 484 Å². The molecule has 630 valence electrons. The summed E-state index contributed by atoms with van der Waals surface area (Å²) in [5, 5.41) is 10.7. The molecule has 0 saturated carbocycles. The zero-order chi connectivity index (χ0) is 77.8. The van der Waals surface area contributed by atoms with Crippen molar-refractivity contribution in [2.24, 2.45) is 11.8 Å². The molecular formula is C87H170O17P2. The summed E-state index contributed by atoms with van der Waals surface area (Å²) in [7, 11) is -9.93. The van der Waals surface area contributed by atoms with Crippen molar-refractivity contribution in [3.63, 3.8) is 0 Å². The smallest absolute Gasteiger partial charge is 0.462 e. The Hall–Kier alpha value is -1.94. The Bertz CT molecular complexity index is 2030. The van der Waals surface area contributed by atoms with E-state index in [-0.39, 0.29) is 25.7 Å². The molecule has 0 aliphatic rings. The molecule has 0 aliphatic heterocycles. The summed E-state index contributed by atoms with van der Waals surface area (Å²) >= 11 is 0. The van der Waals surface area contributed by atoms with Crippen LogP contribution in [0.3, 0.4) is 0 Å². The number of rotatable bonds is 86. The first-order valence-electron chi connectivity index (χ1n) is 45.1. The van der Waals surface area contributed by atoms with E-state index < -0.39 is 97.5 Å². The quantitative estimate of drug-likeness (QED) is 0.0222. The van der Waals surface area contributed by atoms with Crippen LogP contribution in [0.4, 0.5) is 0 Å². The molecule has 0 fully saturated rings. The van der Waals surface area contributed by atoms with Crippen LogP contribution in [0.5, 0.6) is 0 Å². The van der Waals surface area contributed by atoms with E-state index in [0.717, 1.165) is 102 Å². The summed E-state index contributed by atoms with van der Waals surface area (Å²) in [4.78, 5) is 73.2. The van der Waals surface area contributed by atoms with E-state index >= 15 is 0 Å². The molecule has 0 aromatic heterocycles. The maximum Gasteiger partial charge on any atom is 0.472 e. The van der Waals surface area contributed by atoms with Crippen molar-refractivity contribution in [1.82, 2.24) is 0 Å². The van der Waals surface area contributed by atoms with Gasteiger partial charge in [-0.05, 0) is 37.5 Å². The molecule has 0 radical (unpaired) electrons. The Labute approximate surface area is 651 Å². The Morgan fingerprint density at radius 3 is 0.670 bits per heavy atom. The van der Waals surface area contributed by atoms with Gasteiger partial charge in [-0.25, -0.2) is 9.13 Å². The van der Waals surface area contributed by atoms with E-state index in [1.165, 1.54) is 283 Å². The molecule has 0 aromatic rings. The number of ether oxygens (including phenoxy) is 4. The standard InChI is InChI=1S/C87H170O17P2/c1-7-11-13-15-17-19-21-22-23-24-25-26-30-33-36-39-46-52-58-64-70-85(90)98-76-83(103-86(91)71-65-59-53-47-40-37-34-31-28-27-29-32-35-38-43-49-55-61-67-79(5)9-3)78-102-106(95,96)100-74-81(88)73-99-105(93,94)101-77-82(75-97-84(89)69-63-57-51-45-20-18-16-14-12-8-2)104-87(92)72-66-60-54-48-42-41-44-50-56-62-68-80(6)10-4/h79-83,88H,7-78H2,1-6H3,(H,93,94)(H,95,96)/t79?,80?,81-,82+,83+/m0/s1. The average Bonchev–Trinajstić information content (AvgIpc) is 0.903. The molecule has 3 N–H and O–H groups in total. The molecule has 106 heavy (non-hydrogen) atoms. The van der Waals surface area contributed by atoms with Gasteiger partial charge in [-0.2, -0.15) is 0 Å². The maximum atomic E-state index is 13.2. The summed E-state index contributed by atoms with van der Waals surface area (Å²) in [6.45, 7) is 9.75. The van der Waals surface area contributed by atoms with Crippen LogP contribution in [0.25, 0.3) is 0 Å². The topological polar surface area (TPSA) is 237 Å². The Morgan fingerprint density at radius 1 is 0.264 bits per heavy atom. The third-order valence-electron chi connectivity index (χ3n) is 21.2. The van der Waals surface area contributed by atoms with Crippen LogP contribution >= 0.6 is 15.6 Å². The van der Waals surface area contributed by atoms with E-state index in [1.54, 1.807) is 0 Å². The van der Waals surface area contributed by atoms with Gasteiger partial charge in [0.1, 0.15) is 19.3 Å². The lowest BCUT2D eigenvalue weighted by Gasteiger charge is -2.21. The lowest BCUT2D eigenvalue weighted by molar-refractivity contribution is -0.161. The number of hydrogen-bond acceptors (Lipinski definition) is 15. The second-order valence-corrected chi connectivity index (χ2v) is 34.7. The lowest BCUT2D eigenvalue weighted by Crippen LogP contribution is -2.30. The zero-order valence-corrected chi connectivity index (χ0v) is 71.5. The minimum Gasteiger partial charge on any atom is -0.462 e. The first-order valence-corrected chi connectivity index (χ1v) is 48.1. The second-order valence-electron chi connectivity index (χ2n) is 31.8. The van der Waals surface area contributed by atoms with Crippen LogP contribution in [-0.2, 0) is 65.4 Å². The van der Waals surface area contributed by atoms with Gasteiger partial charge in [0.05, 0.1) is 26.4 Å². The van der Waals surface area contributed by atoms with E-state index in [4.69, 9.17) is 37.0 Å². The Kier molecular flexibility index (Phi) is 76.9. The summed E-state index contributed by atoms with van der Waals surface area (Å²) in [5.74, 6) is -0.428. The number of hydrogen-bond donors (Lipinski definition) is 3. The van der Waals surface area contributed by atoms with Gasteiger partial charge in [0, 0.05) is 25.7 Å². The van der Waals surface area contributed by atoms with E-state index in [9.17, 15) is 43.2 Å². The van der Waals surface area contributed by atoms with Crippen molar-refractivity contribution in [2.75, 3.05) is 39.6 Å². The first kappa shape index (κ1) is 104. The normalized spacial score (nSPS) is 14.3. The van der Waals surface area contributed by atoms with E-state index in [2.05, 4.69) is 41.5 Å². The molecule has 19 heteroatoms. The summed E-state index contributed by atoms with van der Waals surface area (Å²) < 4.78 is 68.9. The highest BCUT2D eigenvalue weighted by molar-refractivity contribution is 7.47. The van der Waals surface area contributed by atoms with Crippen LogP contribution in [0.15, 0.2) is 0 Å². The second kappa shape index (κ2) is 78.3. The van der Waals surface area contributed by atoms with E-state index in [1.807, 2.05) is 0 Å². The van der Waals surface area contributed by atoms with Gasteiger partial charge in [0.15, 0.2) is 12.2 Å². The fourth-order valence-electron chi connectivity index (χ4n) is 13.5. The van der Waals surface area contributed by atoms with Crippen LogP contribution in [0.2, 0.25) is 0 Å². The van der Waals surface area contributed by atoms with Crippen molar-refractivity contribution >= 4 is 39.5 Å². The third kappa shape index (κ3) is 77.4. The summed E-state index contributed by atoms with van der Waals surface area (Å²) in [5.41, 5.74) is 0. The third-order valence-corrected chi connectivity index (χ3v) is 23.1. The first-order chi connectivity index (χ1) is 51.4. The molecule has 0 spiro atoms. The van der Waals surface area contributed by atoms with Gasteiger partial charge in [-0.1, -0.05) is 414 Å². The van der Waals surface area contributed by atoms with Crippen LogP contribution in [0.1, 0.15) is 465 Å². The van der Waals surface area contributed by atoms with E-state index in [0.29, 0.717) is 25.7 Å². The zero-order valence-electron chi connectivity index (χ0n) is 69.7. The van der Waals surface area contributed by atoms with Gasteiger partial charge in [0.25, 0.3) is 0 Å². The van der Waals surface area contributed by atoms with Crippen molar-refractivity contribution in [3.8, 4) is 0 Å². The highest BCUT2D eigenvalue weighted by Gasteiger charge is 2.30. The number of carbonyl (C=O) groups is 4. The molecule has 0 aliphatic carbocycles. The maximum absolute atomic E-state index is 13.2. The average molecular weight is 1550 g/mol. The Morgan fingerprint density at radius 2 is 0.453 bits per heavy atom. The molecule has 0 amide bonds. The van der Waals surface area contributed by atoms with Crippen molar-refractivity contribution < 1.29 is 80.2 Å². The van der Waals surface area contributed by atoms with Crippen molar-refractivity contribution in [1.29, 1.82) is 0 Å². The highest BCUT2D eigenvalue weighted by Crippen LogP contribution is 2.45.